The maximum absolute atomic E-state index is 6.14. The van der Waals surface area contributed by atoms with Crippen LogP contribution in [0.3, 0.4) is 0 Å². The molecule has 0 fully saturated rings. The zero-order valence-electron chi connectivity index (χ0n) is 12.8. The van der Waals surface area contributed by atoms with Crippen LogP contribution in [-0.4, -0.2) is 23.4 Å². The molecule has 2 rings (SSSR count). The highest BCUT2D eigenvalue weighted by Gasteiger charge is 2.23. The Hall–Kier alpha value is -1.52. The molecule has 0 spiro atoms. The second kappa shape index (κ2) is 7.48. The van der Waals surface area contributed by atoms with Crippen LogP contribution < -0.4 is 10.1 Å². The fourth-order valence-corrected chi connectivity index (χ4v) is 2.68. The first-order valence-electron chi connectivity index (χ1n) is 7.29. The van der Waals surface area contributed by atoms with E-state index in [0.29, 0.717) is 0 Å². The fraction of sp³-hybridized carbons (Fsp3) is 0.438. The molecule has 0 saturated heterocycles. The van der Waals surface area contributed by atoms with Crippen LogP contribution in [0.15, 0.2) is 30.5 Å². The van der Waals surface area contributed by atoms with E-state index in [1.807, 2.05) is 22.9 Å². The van der Waals surface area contributed by atoms with Crippen LogP contribution in [-0.2, 0) is 6.54 Å². The molecule has 114 valence electrons. The van der Waals surface area contributed by atoms with Crippen LogP contribution in [0, 0.1) is 0 Å². The van der Waals surface area contributed by atoms with Crippen molar-refractivity contribution in [3.8, 4) is 5.75 Å². The zero-order valence-corrected chi connectivity index (χ0v) is 13.5. The summed E-state index contributed by atoms with van der Waals surface area (Å²) in [7, 11) is 1.68. The van der Waals surface area contributed by atoms with E-state index in [4.69, 9.17) is 16.3 Å². The van der Waals surface area contributed by atoms with Crippen LogP contribution >= 0.6 is 11.6 Å². The molecule has 0 amide bonds. The summed E-state index contributed by atoms with van der Waals surface area (Å²) < 4.78 is 7.50. The maximum Gasteiger partial charge on any atom is 0.161 e. The number of hydrogen-bond acceptors (Lipinski definition) is 3. The number of aryl methyl sites for hydroxylation is 1. The Morgan fingerprint density at radius 2 is 2.19 bits per heavy atom. The predicted molar refractivity (Wildman–Crippen MR) is 86.0 cm³/mol. The van der Waals surface area contributed by atoms with Gasteiger partial charge in [-0.05, 0) is 30.7 Å². The summed E-state index contributed by atoms with van der Waals surface area (Å²) in [6.45, 7) is 5.93. The summed E-state index contributed by atoms with van der Waals surface area (Å²) in [6, 6.07) is 7.92. The lowest BCUT2D eigenvalue weighted by Gasteiger charge is -2.21. The third kappa shape index (κ3) is 3.57. The lowest BCUT2D eigenvalue weighted by atomic mass is 10.0. The third-order valence-electron chi connectivity index (χ3n) is 3.36. The van der Waals surface area contributed by atoms with E-state index in [0.717, 1.165) is 41.5 Å². The van der Waals surface area contributed by atoms with Gasteiger partial charge >= 0.3 is 0 Å². The molecule has 0 radical (unpaired) electrons. The molecule has 0 saturated carbocycles. The van der Waals surface area contributed by atoms with Gasteiger partial charge in [0.1, 0.15) is 5.69 Å². The fourth-order valence-electron chi connectivity index (χ4n) is 2.48. The largest absolute Gasteiger partial charge is 0.493 e. The van der Waals surface area contributed by atoms with Gasteiger partial charge in [0, 0.05) is 11.6 Å². The quantitative estimate of drug-likeness (QED) is 0.848. The van der Waals surface area contributed by atoms with Crippen molar-refractivity contribution in [3.63, 3.8) is 0 Å². The predicted octanol–water partition coefficient (Wildman–Crippen LogP) is 3.65. The topological polar surface area (TPSA) is 39.1 Å². The molecule has 1 atom stereocenters. The van der Waals surface area contributed by atoms with Crippen molar-refractivity contribution in [1.29, 1.82) is 0 Å². The number of methoxy groups -OCH3 is 1. The van der Waals surface area contributed by atoms with E-state index in [2.05, 4.69) is 30.3 Å². The molecule has 1 aromatic carbocycles. The lowest BCUT2D eigenvalue weighted by molar-refractivity contribution is 0.398. The highest BCUT2D eigenvalue weighted by molar-refractivity contribution is 6.30. The van der Waals surface area contributed by atoms with Crippen LogP contribution in [0.5, 0.6) is 5.75 Å². The summed E-state index contributed by atoms with van der Waals surface area (Å²) in [5.74, 6) is 0.800. The number of nitrogens with zero attached hydrogens (tertiary/aromatic N) is 2. The van der Waals surface area contributed by atoms with Crippen molar-refractivity contribution >= 4 is 11.6 Å². The molecular weight excluding hydrogens is 286 g/mol. The van der Waals surface area contributed by atoms with E-state index in [9.17, 15) is 0 Å². The van der Waals surface area contributed by atoms with Crippen molar-refractivity contribution in [2.45, 2.75) is 32.9 Å². The average molecular weight is 308 g/mol. The number of hydrogen-bond donors (Lipinski definition) is 1. The molecule has 5 heteroatoms. The van der Waals surface area contributed by atoms with Crippen molar-refractivity contribution < 1.29 is 4.74 Å². The molecule has 0 bridgehead atoms. The van der Waals surface area contributed by atoms with Crippen LogP contribution in [0.1, 0.15) is 37.6 Å². The van der Waals surface area contributed by atoms with E-state index < -0.39 is 0 Å². The van der Waals surface area contributed by atoms with Gasteiger partial charge in [-0.3, -0.25) is 4.68 Å². The van der Waals surface area contributed by atoms with Crippen molar-refractivity contribution in [3.05, 3.63) is 46.7 Å². The Balaban J connectivity index is 2.49. The smallest absolute Gasteiger partial charge is 0.161 e. The minimum atomic E-state index is 0.0118. The van der Waals surface area contributed by atoms with Gasteiger partial charge in [-0.1, -0.05) is 37.6 Å². The standard InChI is InChI=1S/C16H22ClN3O/c1-4-9-20-16(14(21-3)11-19-20)15(18-5-2)12-7-6-8-13(17)10-12/h6-8,10-11,15,18H,4-5,9H2,1-3H3. The van der Waals surface area contributed by atoms with Crippen LogP contribution in [0.25, 0.3) is 0 Å². The summed E-state index contributed by atoms with van der Waals surface area (Å²) >= 11 is 6.14. The minimum Gasteiger partial charge on any atom is -0.493 e. The Morgan fingerprint density at radius 1 is 1.38 bits per heavy atom. The van der Waals surface area contributed by atoms with Crippen molar-refractivity contribution in [2.24, 2.45) is 0 Å². The Morgan fingerprint density at radius 3 is 2.81 bits per heavy atom. The minimum absolute atomic E-state index is 0.0118. The van der Waals surface area contributed by atoms with Gasteiger partial charge in [0.25, 0.3) is 0 Å². The number of ether oxygens (including phenoxy) is 1. The average Bonchev–Trinajstić information content (AvgIpc) is 2.88. The lowest BCUT2D eigenvalue weighted by Crippen LogP contribution is -2.25. The Labute approximate surface area is 131 Å². The molecule has 1 aromatic heterocycles. The Bertz CT molecular complexity index is 583. The van der Waals surface area contributed by atoms with Crippen LogP contribution in [0.2, 0.25) is 5.02 Å². The zero-order chi connectivity index (χ0) is 15.2. The van der Waals surface area contributed by atoms with Crippen molar-refractivity contribution in [1.82, 2.24) is 15.1 Å². The SMILES string of the molecule is CCCn1ncc(OC)c1C(NCC)c1cccc(Cl)c1. The molecule has 0 aliphatic carbocycles. The number of aromatic nitrogens is 2. The summed E-state index contributed by atoms with van der Waals surface area (Å²) in [6.07, 6.45) is 2.80. The summed E-state index contributed by atoms with van der Waals surface area (Å²) in [4.78, 5) is 0. The van der Waals surface area contributed by atoms with Gasteiger partial charge in [-0.2, -0.15) is 5.10 Å². The number of rotatable bonds is 7. The maximum atomic E-state index is 6.14. The molecule has 0 aliphatic heterocycles. The number of nitrogens with one attached hydrogen (secondary N) is 1. The molecule has 1 unspecified atom stereocenters. The van der Waals surface area contributed by atoms with E-state index in [-0.39, 0.29) is 6.04 Å². The highest BCUT2D eigenvalue weighted by Crippen LogP contribution is 2.31. The summed E-state index contributed by atoms with van der Waals surface area (Å²) in [5, 5.41) is 8.68. The molecular formula is C16H22ClN3O. The number of halogens is 1. The third-order valence-corrected chi connectivity index (χ3v) is 3.60. The first-order valence-corrected chi connectivity index (χ1v) is 7.67. The second-order valence-corrected chi connectivity index (χ2v) is 5.30. The van der Waals surface area contributed by atoms with Gasteiger partial charge in [0.05, 0.1) is 19.3 Å². The van der Waals surface area contributed by atoms with Crippen LogP contribution in [0.4, 0.5) is 0 Å². The molecule has 0 aliphatic rings. The van der Waals surface area contributed by atoms with Crippen molar-refractivity contribution in [2.75, 3.05) is 13.7 Å². The first kappa shape index (κ1) is 15.9. The van der Waals surface area contributed by atoms with Gasteiger partial charge in [0.15, 0.2) is 5.75 Å². The van der Waals surface area contributed by atoms with Gasteiger partial charge in [-0.25, -0.2) is 0 Å². The van der Waals surface area contributed by atoms with E-state index in [1.165, 1.54) is 0 Å². The van der Waals surface area contributed by atoms with Gasteiger partial charge in [0.2, 0.25) is 0 Å². The molecule has 4 nitrogen and oxygen atoms in total. The molecule has 21 heavy (non-hydrogen) atoms. The monoisotopic (exact) mass is 307 g/mol. The second-order valence-electron chi connectivity index (χ2n) is 4.87. The van der Waals surface area contributed by atoms with E-state index in [1.54, 1.807) is 13.3 Å². The Kier molecular flexibility index (Phi) is 5.65. The molecule has 1 heterocycles. The first-order chi connectivity index (χ1) is 10.2. The normalized spacial score (nSPS) is 12.4. The van der Waals surface area contributed by atoms with E-state index >= 15 is 0 Å². The summed E-state index contributed by atoms with van der Waals surface area (Å²) in [5.41, 5.74) is 2.16. The van der Waals surface area contributed by atoms with Gasteiger partial charge in [-0.15, -0.1) is 0 Å². The number of benzene rings is 1. The highest BCUT2D eigenvalue weighted by atomic mass is 35.5. The molecule has 1 N–H and O–H groups in total. The molecule has 2 aromatic rings. The van der Waals surface area contributed by atoms with Gasteiger partial charge < -0.3 is 10.1 Å².